The second-order valence-corrected chi connectivity index (χ2v) is 5.67. The van der Waals surface area contributed by atoms with Crippen LogP contribution in [0, 0.1) is 5.92 Å². The molecule has 3 rings (SSSR count). The smallest absolute Gasteiger partial charge is 0.337 e. The van der Waals surface area contributed by atoms with Gasteiger partial charge in [0.2, 0.25) is 0 Å². The number of aliphatic imine (C=N–C) groups is 1. The third-order valence-electron chi connectivity index (χ3n) is 3.14. The van der Waals surface area contributed by atoms with Crippen LogP contribution in [0.15, 0.2) is 46.3 Å². The fraction of sp³-hybridized carbons (Fsp3) is 0.200. The minimum Gasteiger partial charge on any atom is -0.463 e. The van der Waals surface area contributed by atoms with Gasteiger partial charge in [0.25, 0.3) is 0 Å². The first kappa shape index (κ1) is 13.5. The first-order chi connectivity index (χ1) is 9.72. The van der Waals surface area contributed by atoms with E-state index in [0.29, 0.717) is 22.9 Å². The summed E-state index contributed by atoms with van der Waals surface area (Å²) < 4.78 is 5.17. The van der Waals surface area contributed by atoms with E-state index in [1.54, 1.807) is 13.0 Å². The van der Waals surface area contributed by atoms with Crippen LogP contribution in [0.25, 0.3) is 5.70 Å². The van der Waals surface area contributed by atoms with E-state index in [4.69, 9.17) is 16.3 Å². The van der Waals surface area contributed by atoms with Crippen molar-refractivity contribution in [2.24, 2.45) is 10.9 Å². The standard InChI is InChI=1S/C15H12ClNO2S/c1-2-19-15(18)12-10-7-8-20-14(10)17-13(12)9-5-3-4-6-11(9)16/h3-8,10H,2H2,1H3/t10-/m0/s1. The summed E-state index contributed by atoms with van der Waals surface area (Å²) in [7, 11) is 0. The lowest BCUT2D eigenvalue weighted by Crippen LogP contribution is -2.15. The molecule has 5 heteroatoms. The summed E-state index contributed by atoms with van der Waals surface area (Å²) >= 11 is 7.76. The van der Waals surface area contributed by atoms with Gasteiger partial charge in [-0.3, -0.25) is 0 Å². The van der Waals surface area contributed by atoms with Gasteiger partial charge < -0.3 is 4.74 Å². The lowest BCUT2D eigenvalue weighted by atomic mass is 9.98. The van der Waals surface area contributed by atoms with Crippen molar-refractivity contribution in [2.45, 2.75) is 6.92 Å². The highest BCUT2D eigenvalue weighted by atomic mass is 35.5. The number of carbonyl (C=O) groups excluding carboxylic acids is 1. The number of esters is 1. The number of halogens is 1. The predicted molar refractivity (Wildman–Crippen MR) is 82.7 cm³/mol. The maximum atomic E-state index is 12.2. The van der Waals surface area contributed by atoms with E-state index in [-0.39, 0.29) is 11.9 Å². The van der Waals surface area contributed by atoms with E-state index in [1.807, 2.05) is 29.7 Å². The van der Waals surface area contributed by atoms with Gasteiger partial charge in [-0.1, -0.05) is 47.6 Å². The minimum absolute atomic E-state index is 0.0923. The number of ether oxygens (including phenoxy) is 1. The van der Waals surface area contributed by atoms with Gasteiger partial charge in [0.05, 0.1) is 28.8 Å². The van der Waals surface area contributed by atoms with Gasteiger partial charge in [-0.15, -0.1) is 0 Å². The number of hydrogen-bond acceptors (Lipinski definition) is 4. The van der Waals surface area contributed by atoms with Crippen LogP contribution in [0.3, 0.4) is 0 Å². The number of rotatable bonds is 3. The molecule has 0 saturated carbocycles. The first-order valence-electron chi connectivity index (χ1n) is 6.30. The predicted octanol–water partition coefficient (Wildman–Crippen LogP) is 3.90. The van der Waals surface area contributed by atoms with E-state index >= 15 is 0 Å². The van der Waals surface area contributed by atoms with Crippen molar-refractivity contribution in [3.8, 4) is 0 Å². The molecule has 2 aliphatic heterocycles. The fourth-order valence-electron chi connectivity index (χ4n) is 2.27. The Hall–Kier alpha value is -1.52. The number of allylic oxidation sites excluding steroid dienone is 1. The quantitative estimate of drug-likeness (QED) is 0.795. The van der Waals surface area contributed by atoms with Crippen molar-refractivity contribution in [3.05, 3.63) is 51.9 Å². The summed E-state index contributed by atoms with van der Waals surface area (Å²) in [6, 6.07) is 7.41. The van der Waals surface area contributed by atoms with Crippen molar-refractivity contribution in [3.63, 3.8) is 0 Å². The van der Waals surface area contributed by atoms with E-state index in [0.717, 1.165) is 10.6 Å². The van der Waals surface area contributed by atoms with Gasteiger partial charge in [0.1, 0.15) is 0 Å². The third kappa shape index (κ3) is 2.19. The lowest BCUT2D eigenvalue weighted by molar-refractivity contribution is -0.138. The summed E-state index contributed by atoms with van der Waals surface area (Å²) in [5, 5.41) is 3.44. The van der Waals surface area contributed by atoms with Crippen molar-refractivity contribution in [2.75, 3.05) is 6.61 Å². The highest BCUT2D eigenvalue weighted by Gasteiger charge is 2.36. The number of hydrogen-bond donors (Lipinski definition) is 0. The van der Waals surface area contributed by atoms with Gasteiger partial charge >= 0.3 is 5.97 Å². The molecule has 0 aromatic heterocycles. The zero-order valence-corrected chi connectivity index (χ0v) is 12.4. The Kier molecular flexibility index (Phi) is 3.68. The summed E-state index contributed by atoms with van der Waals surface area (Å²) in [6.45, 7) is 2.14. The normalized spacial score (nSPS) is 20.1. The lowest BCUT2D eigenvalue weighted by Gasteiger charge is -2.10. The number of thioether (sulfide) groups is 1. The van der Waals surface area contributed by atoms with E-state index in [9.17, 15) is 4.79 Å². The van der Waals surface area contributed by atoms with Gasteiger partial charge in [-0.2, -0.15) is 0 Å². The molecule has 0 radical (unpaired) electrons. The van der Waals surface area contributed by atoms with Crippen LogP contribution in [0.4, 0.5) is 0 Å². The molecule has 0 bridgehead atoms. The topological polar surface area (TPSA) is 38.7 Å². The van der Waals surface area contributed by atoms with Gasteiger partial charge in [-0.25, -0.2) is 9.79 Å². The Morgan fingerprint density at radius 2 is 2.25 bits per heavy atom. The first-order valence-corrected chi connectivity index (χ1v) is 7.56. The maximum absolute atomic E-state index is 12.2. The summed E-state index contributed by atoms with van der Waals surface area (Å²) in [4.78, 5) is 16.8. The molecule has 1 aromatic carbocycles. The molecule has 0 spiro atoms. The third-order valence-corrected chi connectivity index (χ3v) is 4.35. The monoisotopic (exact) mass is 305 g/mol. The fourth-order valence-corrected chi connectivity index (χ4v) is 3.35. The second kappa shape index (κ2) is 5.46. The molecule has 1 atom stereocenters. The summed E-state index contributed by atoms with van der Waals surface area (Å²) in [6.07, 6.45) is 1.97. The van der Waals surface area contributed by atoms with Crippen molar-refractivity contribution in [1.82, 2.24) is 0 Å². The summed E-state index contributed by atoms with van der Waals surface area (Å²) in [5.74, 6) is -0.413. The zero-order valence-electron chi connectivity index (χ0n) is 10.8. The second-order valence-electron chi connectivity index (χ2n) is 4.34. The number of carbonyl (C=O) groups is 1. The Labute approximate surface area is 126 Å². The summed E-state index contributed by atoms with van der Waals surface area (Å²) in [5.41, 5.74) is 1.98. The van der Waals surface area contributed by atoms with Crippen LogP contribution >= 0.6 is 23.4 Å². The molecule has 0 aliphatic carbocycles. The van der Waals surface area contributed by atoms with Crippen molar-refractivity contribution < 1.29 is 9.53 Å². The molecule has 2 aliphatic rings. The molecule has 0 amide bonds. The van der Waals surface area contributed by atoms with Crippen LogP contribution in [-0.4, -0.2) is 17.6 Å². The molecular weight excluding hydrogens is 294 g/mol. The van der Waals surface area contributed by atoms with Crippen LogP contribution < -0.4 is 0 Å². The average molecular weight is 306 g/mol. The molecule has 3 nitrogen and oxygen atoms in total. The number of nitrogens with zero attached hydrogens (tertiary/aromatic N) is 1. The molecule has 2 heterocycles. The zero-order chi connectivity index (χ0) is 14.1. The SMILES string of the molecule is CCOC(=O)C1=C(c2ccccc2Cl)N=C2SC=C[C@H]21. The van der Waals surface area contributed by atoms with Crippen LogP contribution in [0.1, 0.15) is 12.5 Å². The molecule has 0 saturated heterocycles. The van der Waals surface area contributed by atoms with Crippen molar-refractivity contribution >= 4 is 40.1 Å². The van der Waals surface area contributed by atoms with Crippen LogP contribution in [0.2, 0.25) is 5.02 Å². The van der Waals surface area contributed by atoms with Crippen LogP contribution in [-0.2, 0) is 9.53 Å². The Morgan fingerprint density at radius 1 is 1.45 bits per heavy atom. The van der Waals surface area contributed by atoms with E-state index in [2.05, 4.69) is 4.99 Å². The number of fused-ring (bicyclic) bond motifs is 1. The molecular formula is C15H12ClNO2S. The van der Waals surface area contributed by atoms with Gasteiger partial charge in [-0.05, 0) is 18.4 Å². The molecule has 0 N–H and O–H groups in total. The molecule has 0 unspecified atom stereocenters. The molecule has 20 heavy (non-hydrogen) atoms. The average Bonchev–Trinajstić information content (AvgIpc) is 2.99. The minimum atomic E-state index is -0.321. The Bertz CT molecular complexity index is 664. The van der Waals surface area contributed by atoms with Gasteiger partial charge in [0.15, 0.2) is 0 Å². The molecule has 102 valence electrons. The molecule has 0 fully saturated rings. The van der Waals surface area contributed by atoms with E-state index in [1.165, 1.54) is 11.8 Å². The Morgan fingerprint density at radius 3 is 3.00 bits per heavy atom. The Balaban J connectivity index is 2.12. The van der Waals surface area contributed by atoms with Crippen LogP contribution in [0.5, 0.6) is 0 Å². The van der Waals surface area contributed by atoms with Gasteiger partial charge in [0, 0.05) is 10.6 Å². The van der Waals surface area contributed by atoms with E-state index < -0.39 is 0 Å². The van der Waals surface area contributed by atoms with Crippen molar-refractivity contribution in [1.29, 1.82) is 0 Å². The largest absolute Gasteiger partial charge is 0.463 e. The highest BCUT2D eigenvalue weighted by molar-refractivity contribution is 8.16. The highest BCUT2D eigenvalue weighted by Crippen LogP contribution is 2.43. The number of benzene rings is 1. The molecule has 1 aromatic rings. The maximum Gasteiger partial charge on any atom is 0.337 e.